The topological polar surface area (TPSA) is 50.4 Å². The zero-order chi connectivity index (χ0) is 12.5. The van der Waals surface area contributed by atoms with Crippen LogP contribution in [0.4, 0.5) is 18.0 Å². The molecule has 1 aromatic carbocycles. The summed E-state index contributed by atoms with van der Waals surface area (Å²) in [6, 6.07) is 4.87. The van der Waals surface area contributed by atoms with Gasteiger partial charge in [-0.3, -0.25) is 0 Å². The molecule has 1 aromatic rings. The quantitative estimate of drug-likeness (QED) is 0.837. The Kier molecular flexibility index (Phi) is 2.83. The molecule has 17 heavy (non-hydrogen) atoms. The van der Waals surface area contributed by atoms with E-state index in [1.165, 1.54) is 18.2 Å². The number of carbonyl (C=O) groups excluding carboxylic acids is 1. The number of amides is 2. The molecule has 0 radical (unpaired) electrons. The number of hydrogen-bond acceptors (Lipinski definition) is 2. The lowest BCUT2D eigenvalue weighted by molar-refractivity contribution is -0.274. The van der Waals surface area contributed by atoms with Crippen LogP contribution in [0.1, 0.15) is 11.6 Å². The molecule has 0 bridgehead atoms. The van der Waals surface area contributed by atoms with Crippen molar-refractivity contribution in [2.24, 2.45) is 0 Å². The molecule has 92 valence electrons. The Labute approximate surface area is 94.8 Å². The molecule has 2 N–H and O–H groups in total. The van der Waals surface area contributed by atoms with Crippen molar-refractivity contribution in [3.63, 3.8) is 0 Å². The summed E-state index contributed by atoms with van der Waals surface area (Å²) in [6.45, 7) is 0.342. The first-order valence-corrected chi connectivity index (χ1v) is 4.84. The maximum Gasteiger partial charge on any atom is 0.573 e. The SMILES string of the molecule is O=C1NCC(c2cccc(OC(F)(F)F)c2)N1. The second kappa shape index (κ2) is 4.15. The van der Waals surface area contributed by atoms with E-state index in [4.69, 9.17) is 0 Å². The van der Waals surface area contributed by atoms with Crippen molar-refractivity contribution in [1.82, 2.24) is 10.6 Å². The van der Waals surface area contributed by atoms with Gasteiger partial charge in [-0.15, -0.1) is 13.2 Å². The Morgan fingerprint density at radius 3 is 2.71 bits per heavy atom. The Bertz CT molecular complexity index is 434. The van der Waals surface area contributed by atoms with E-state index in [1.54, 1.807) is 6.07 Å². The summed E-state index contributed by atoms with van der Waals surface area (Å²) in [6.07, 6.45) is -4.71. The van der Waals surface area contributed by atoms with Gasteiger partial charge < -0.3 is 15.4 Å². The van der Waals surface area contributed by atoms with Crippen LogP contribution in [-0.2, 0) is 0 Å². The third kappa shape index (κ3) is 3.02. The second-order valence-electron chi connectivity index (χ2n) is 3.53. The summed E-state index contributed by atoms with van der Waals surface area (Å²) < 4.78 is 39.8. The zero-order valence-corrected chi connectivity index (χ0v) is 8.54. The molecule has 0 saturated carbocycles. The molecule has 1 heterocycles. The lowest BCUT2D eigenvalue weighted by Gasteiger charge is -2.12. The van der Waals surface area contributed by atoms with E-state index >= 15 is 0 Å². The van der Waals surface area contributed by atoms with E-state index in [0.29, 0.717) is 12.1 Å². The minimum Gasteiger partial charge on any atom is -0.406 e. The lowest BCUT2D eigenvalue weighted by Crippen LogP contribution is -2.22. The van der Waals surface area contributed by atoms with Crippen LogP contribution in [0.2, 0.25) is 0 Å². The lowest BCUT2D eigenvalue weighted by atomic mass is 10.1. The molecular weight excluding hydrogens is 237 g/mol. The molecule has 0 spiro atoms. The van der Waals surface area contributed by atoms with Crippen molar-refractivity contribution in [3.8, 4) is 5.75 Å². The standard InChI is InChI=1S/C10H9F3N2O2/c11-10(12,13)17-7-3-1-2-6(4-7)8-5-14-9(16)15-8/h1-4,8H,5H2,(H2,14,15,16). The number of urea groups is 1. The van der Waals surface area contributed by atoms with Gasteiger partial charge in [0.2, 0.25) is 0 Å². The number of hydrogen-bond donors (Lipinski definition) is 2. The molecule has 2 amide bonds. The van der Waals surface area contributed by atoms with E-state index in [0.717, 1.165) is 0 Å². The second-order valence-corrected chi connectivity index (χ2v) is 3.53. The maximum absolute atomic E-state index is 12.0. The van der Waals surface area contributed by atoms with Crippen molar-refractivity contribution >= 4 is 6.03 Å². The molecule has 1 saturated heterocycles. The highest BCUT2D eigenvalue weighted by atomic mass is 19.4. The summed E-state index contributed by atoms with van der Waals surface area (Å²) in [5, 5.41) is 5.10. The summed E-state index contributed by atoms with van der Waals surface area (Å²) in [4.78, 5) is 10.9. The van der Waals surface area contributed by atoms with E-state index in [2.05, 4.69) is 15.4 Å². The molecular formula is C10H9F3N2O2. The summed E-state index contributed by atoms with van der Waals surface area (Å²) >= 11 is 0. The predicted molar refractivity (Wildman–Crippen MR) is 52.4 cm³/mol. The molecule has 1 unspecified atom stereocenters. The first-order chi connectivity index (χ1) is 7.94. The monoisotopic (exact) mass is 246 g/mol. The summed E-state index contributed by atoms with van der Waals surface area (Å²) in [5.41, 5.74) is 0.560. The van der Waals surface area contributed by atoms with Crippen molar-refractivity contribution in [2.75, 3.05) is 6.54 Å². The van der Waals surface area contributed by atoms with Crippen LogP contribution in [0.5, 0.6) is 5.75 Å². The smallest absolute Gasteiger partial charge is 0.406 e. The van der Waals surface area contributed by atoms with Gasteiger partial charge in [0, 0.05) is 6.54 Å². The van der Waals surface area contributed by atoms with Crippen molar-refractivity contribution < 1.29 is 22.7 Å². The fraction of sp³-hybridized carbons (Fsp3) is 0.300. The van der Waals surface area contributed by atoms with Crippen molar-refractivity contribution in [3.05, 3.63) is 29.8 Å². The molecule has 0 aromatic heterocycles. The van der Waals surface area contributed by atoms with Crippen LogP contribution in [0.25, 0.3) is 0 Å². The van der Waals surface area contributed by atoms with Crippen molar-refractivity contribution in [1.29, 1.82) is 0 Å². The van der Waals surface area contributed by atoms with Gasteiger partial charge in [-0.2, -0.15) is 0 Å². The van der Waals surface area contributed by atoms with Crippen LogP contribution >= 0.6 is 0 Å². The van der Waals surface area contributed by atoms with E-state index in [9.17, 15) is 18.0 Å². The third-order valence-electron chi connectivity index (χ3n) is 2.27. The average molecular weight is 246 g/mol. The number of halogens is 3. The molecule has 1 fully saturated rings. The first-order valence-electron chi connectivity index (χ1n) is 4.84. The highest BCUT2D eigenvalue weighted by Gasteiger charge is 2.31. The number of rotatable bonds is 2. The van der Waals surface area contributed by atoms with Gasteiger partial charge in [0.25, 0.3) is 0 Å². The molecule has 1 aliphatic rings. The van der Waals surface area contributed by atoms with Crippen molar-refractivity contribution in [2.45, 2.75) is 12.4 Å². The zero-order valence-electron chi connectivity index (χ0n) is 8.54. The number of benzene rings is 1. The Morgan fingerprint density at radius 2 is 2.12 bits per heavy atom. The molecule has 2 rings (SSSR count). The molecule has 1 aliphatic heterocycles. The van der Waals surface area contributed by atoms with E-state index in [1.807, 2.05) is 0 Å². The van der Waals surface area contributed by atoms with Gasteiger partial charge >= 0.3 is 12.4 Å². The van der Waals surface area contributed by atoms with Crippen LogP contribution < -0.4 is 15.4 Å². The van der Waals surface area contributed by atoms with Gasteiger partial charge in [0.15, 0.2) is 0 Å². The van der Waals surface area contributed by atoms with Crippen LogP contribution in [-0.4, -0.2) is 18.9 Å². The molecule has 0 aliphatic carbocycles. The number of ether oxygens (including phenoxy) is 1. The normalized spacial score (nSPS) is 19.7. The molecule has 4 nitrogen and oxygen atoms in total. The number of nitrogens with one attached hydrogen (secondary N) is 2. The Hall–Kier alpha value is -1.92. The minimum absolute atomic E-state index is 0.295. The Morgan fingerprint density at radius 1 is 1.35 bits per heavy atom. The first kappa shape index (κ1) is 11.6. The fourth-order valence-electron chi connectivity index (χ4n) is 1.58. The third-order valence-corrected chi connectivity index (χ3v) is 2.27. The largest absolute Gasteiger partial charge is 0.573 e. The fourth-order valence-corrected chi connectivity index (χ4v) is 1.58. The number of carbonyl (C=O) groups is 1. The minimum atomic E-state index is -4.71. The molecule has 1 atom stereocenters. The predicted octanol–water partition coefficient (Wildman–Crippen LogP) is 1.94. The van der Waals surface area contributed by atoms with Gasteiger partial charge in [-0.1, -0.05) is 12.1 Å². The molecule has 7 heteroatoms. The van der Waals surface area contributed by atoms with Crippen LogP contribution in [0.3, 0.4) is 0 Å². The average Bonchev–Trinajstić information content (AvgIpc) is 2.63. The van der Waals surface area contributed by atoms with Crippen LogP contribution in [0.15, 0.2) is 24.3 Å². The van der Waals surface area contributed by atoms with Gasteiger partial charge in [0.1, 0.15) is 5.75 Å². The summed E-state index contributed by atoms with van der Waals surface area (Å²) in [5.74, 6) is -0.295. The van der Waals surface area contributed by atoms with Crippen LogP contribution in [0, 0.1) is 0 Å². The maximum atomic E-state index is 12.0. The van der Waals surface area contributed by atoms with Gasteiger partial charge in [0.05, 0.1) is 6.04 Å². The highest BCUT2D eigenvalue weighted by Crippen LogP contribution is 2.26. The van der Waals surface area contributed by atoms with E-state index < -0.39 is 6.36 Å². The highest BCUT2D eigenvalue weighted by molar-refractivity contribution is 5.76. The van der Waals surface area contributed by atoms with Gasteiger partial charge in [-0.25, -0.2) is 4.79 Å². The van der Waals surface area contributed by atoms with Gasteiger partial charge in [-0.05, 0) is 17.7 Å². The van der Waals surface area contributed by atoms with E-state index in [-0.39, 0.29) is 17.8 Å². The summed E-state index contributed by atoms with van der Waals surface area (Å²) in [7, 11) is 0. The Balaban J connectivity index is 2.14. The number of alkyl halides is 3.